The fourth-order valence-corrected chi connectivity index (χ4v) is 5.25. The number of nitro groups is 1. The second kappa shape index (κ2) is 6.47. The molecule has 0 amide bonds. The van der Waals surface area contributed by atoms with Crippen LogP contribution in [0.5, 0.6) is 0 Å². The molecule has 0 bridgehead atoms. The zero-order valence-corrected chi connectivity index (χ0v) is 14.7. The summed E-state index contributed by atoms with van der Waals surface area (Å²) in [6.45, 7) is 5.24. The predicted octanol–water partition coefficient (Wildman–Crippen LogP) is 3.27. The van der Waals surface area contributed by atoms with E-state index in [1.165, 1.54) is 0 Å². The highest BCUT2D eigenvalue weighted by molar-refractivity contribution is 7.86. The largest absolute Gasteiger partial charge is 0.364 e. The van der Waals surface area contributed by atoms with Gasteiger partial charge in [-0.05, 0) is 37.1 Å². The molecule has 0 radical (unpaired) electrons. The minimum Gasteiger partial charge on any atom is -0.364 e. The van der Waals surface area contributed by atoms with Gasteiger partial charge in [-0.2, -0.15) is 0 Å². The molecular weight excluding hydrogens is 326 g/mol. The van der Waals surface area contributed by atoms with Gasteiger partial charge in [-0.25, -0.2) is 0 Å². The van der Waals surface area contributed by atoms with E-state index < -0.39 is 10.8 Å². The van der Waals surface area contributed by atoms with Gasteiger partial charge in [-0.15, -0.1) is 0 Å². The van der Waals surface area contributed by atoms with Crippen molar-refractivity contribution >= 4 is 33.1 Å². The molecular formula is C17H21N3O3S. The van der Waals surface area contributed by atoms with Crippen LogP contribution in [0, 0.1) is 10.1 Å². The van der Waals surface area contributed by atoms with Crippen molar-refractivity contribution in [3.63, 3.8) is 0 Å². The summed E-state index contributed by atoms with van der Waals surface area (Å²) in [5.41, 5.74) is 1.31. The molecule has 1 fully saturated rings. The Hall–Kier alpha value is -2.02. The SMILES string of the molecule is CCC1(CC)CN(c2ccc3ncccc3c2[N+](=O)[O-])CCS1=O. The lowest BCUT2D eigenvalue weighted by Crippen LogP contribution is -2.53. The van der Waals surface area contributed by atoms with Crippen molar-refractivity contribution in [2.75, 3.05) is 23.7 Å². The first kappa shape index (κ1) is 16.8. The maximum absolute atomic E-state index is 12.5. The topological polar surface area (TPSA) is 76.3 Å². The molecule has 1 atom stereocenters. The molecule has 1 unspecified atom stereocenters. The third-order valence-electron chi connectivity index (χ3n) is 5.06. The first-order chi connectivity index (χ1) is 11.5. The number of nitrogens with zero attached hydrogens (tertiary/aromatic N) is 3. The zero-order valence-electron chi connectivity index (χ0n) is 13.9. The van der Waals surface area contributed by atoms with Crippen molar-refractivity contribution in [1.82, 2.24) is 4.98 Å². The molecule has 3 rings (SSSR count). The first-order valence-electron chi connectivity index (χ1n) is 8.18. The van der Waals surface area contributed by atoms with Crippen LogP contribution in [0.2, 0.25) is 0 Å². The van der Waals surface area contributed by atoms with Gasteiger partial charge >= 0.3 is 5.69 Å². The summed E-state index contributed by atoms with van der Waals surface area (Å²) in [7, 11) is -0.899. The Labute approximate surface area is 143 Å². The summed E-state index contributed by atoms with van der Waals surface area (Å²) < 4.78 is 12.2. The molecule has 1 saturated heterocycles. The van der Waals surface area contributed by atoms with Gasteiger partial charge in [0.05, 0.1) is 20.6 Å². The second-order valence-corrected chi connectivity index (χ2v) is 8.09. The van der Waals surface area contributed by atoms with Crippen LogP contribution in [0.25, 0.3) is 10.9 Å². The third kappa shape index (κ3) is 2.66. The van der Waals surface area contributed by atoms with Gasteiger partial charge in [-0.1, -0.05) is 13.8 Å². The van der Waals surface area contributed by atoms with Gasteiger partial charge in [0.1, 0.15) is 5.69 Å². The lowest BCUT2D eigenvalue weighted by molar-refractivity contribution is -0.382. The summed E-state index contributed by atoms with van der Waals surface area (Å²) in [6, 6.07) is 7.05. The van der Waals surface area contributed by atoms with E-state index in [-0.39, 0.29) is 15.4 Å². The van der Waals surface area contributed by atoms with Gasteiger partial charge in [0.2, 0.25) is 0 Å². The fraction of sp³-hybridized carbons (Fsp3) is 0.471. The van der Waals surface area contributed by atoms with Crippen LogP contribution in [0.4, 0.5) is 11.4 Å². The number of rotatable bonds is 4. The molecule has 1 aromatic carbocycles. The van der Waals surface area contributed by atoms with Crippen LogP contribution in [0.15, 0.2) is 30.5 Å². The number of hydrogen-bond donors (Lipinski definition) is 0. The number of aromatic nitrogens is 1. The van der Waals surface area contributed by atoms with Gasteiger partial charge in [0.25, 0.3) is 0 Å². The molecule has 7 heteroatoms. The number of benzene rings is 1. The van der Waals surface area contributed by atoms with E-state index in [0.29, 0.717) is 35.4 Å². The molecule has 24 heavy (non-hydrogen) atoms. The van der Waals surface area contributed by atoms with Crippen LogP contribution in [-0.4, -0.2) is 37.7 Å². The van der Waals surface area contributed by atoms with E-state index in [2.05, 4.69) is 4.98 Å². The van der Waals surface area contributed by atoms with E-state index >= 15 is 0 Å². The maximum atomic E-state index is 12.5. The van der Waals surface area contributed by atoms with Crippen molar-refractivity contribution < 1.29 is 9.13 Å². The molecule has 2 heterocycles. The second-order valence-electron chi connectivity index (χ2n) is 6.12. The van der Waals surface area contributed by atoms with E-state index in [1.54, 1.807) is 24.4 Å². The van der Waals surface area contributed by atoms with E-state index in [9.17, 15) is 14.3 Å². The van der Waals surface area contributed by atoms with Gasteiger partial charge < -0.3 is 4.90 Å². The number of anilines is 1. The van der Waals surface area contributed by atoms with Crippen LogP contribution >= 0.6 is 0 Å². The quantitative estimate of drug-likeness (QED) is 0.627. The minimum atomic E-state index is -0.899. The Morgan fingerprint density at radius 1 is 1.33 bits per heavy atom. The first-order valence-corrected chi connectivity index (χ1v) is 9.50. The Balaban J connectivity index is 2.11. The van der Waals surface area contributed by atoms with E-state index in [0.717, 1.165) is 12.8 Å². The third-order valence-corrected chi connectivity index (χ3v) is 7.28. The predicted molar refractivity (Wildman–Crippen MR) is 96.9 cm³/mol. The average Bonchev–Trinajstić information content (AvgIpc) is 2.61. The number of pyridine rings is 1. The van der Waals surface area contributed by atoms with Crippen molar-refractivity contribution in [3.05, 3.63) is 40.6 Å². The molecule has 128 valence electrons. The Bertz CT molecular complexity index is 805. The monoisotopic (exact) mass is 347 g/mol. The standard InChI is InChI=1S/C17H21N3O3S/c1-3-17(4-2)12-19(10-11-24(17)23)15-8-7-14-13(6-5-9-18-14)16(15)20(21)22/h5-9H,3-4,10-12H2,1-2H3. The fourth-order valence-electron chi connectivity index (χ4n) is 3.48. The highest BCUT2D eigenvalue weighted by Crippen LogP contribution is 2.38. The highest BCUT2D eigenvalue weighted by atomic mass is 32.2. The van der Waals surface area contributed by atoms with Crippen molar-refractivity contribution in [3.8, 4) is 0 Å². The zero-order chi connectivity index (χ0) is 17.3. The van der Waals surface area contributed by atoms with Crippen molar-refractivity contribution in [2.45, 2.75) is 31.4 Å². The lowest BCUT2D eigenvalue weighted by Gasteiger charge is -2.42. The maximum Gasteiger partial charge on any atom is 0.301 e. The molecule has 6 nitrogen and oxygen atoms in total. The van der Waals surface area contributed by atoms with Crippen molar-refractivity contribution in [2.24, 2.45) is 0 Å². The number of nitro benzene ring substituents is 1. The summed E-state index contributed by atoms with van der Waals surface area (Å²) in [5.74, 6) is 0.546. The Morgan fingerprint density at radius 3 is 2.75 bits per heavy atom. The normalized spacial score (nSPS) is 20.2. The van der Waals surface area contributed by atoms with Gasteiger partial charge in [0.15, 0.2) is 0 Å². The minimum absolute atomic E-state index is 0.0920. The Kier molecular flexibility index (Phi) is 4.54. The summed E-state index contributed by atoms with van der Waals surface area (Å²) in [5, 5.41) is 12.3. The molecule has 0 saturated carbocycles. The van der Waals surface area contributed by atoms with Crippen LogP contribution in [0.1, 0.15) is 26.7 Å². The lowest BCUT2D eigenvalue weighted by atomic mass is 10.00. The van der Waals surface area contributed by atoms with Crippen LogP contribution < -0.4 is 4.90 Å². The highest BCUT2D eigenvalue weighted by Gasteiger charge is 2.40. The summed E-state index contributed by atoms with van der Waals surface area (Å²) in [4.78, 5) is 17.6. The van der Waals surface area contributed by atoms with Crippen LogP contribution in [-0.2, 0) is 10.8 Å². The smallest absolute Gasteiger partial charge is 0.301 e. The molecule has 1 aromatic heterocycles. The summed E-state index contributed by atoms with van der Waals surface area (Å²) in [6.07, 6.45) is 3.24. The molecule has 2 aromatic rings. The number of fused-ring (bicyclic) bond motifs is 1. The summed E-state index contributed by atoms with van der Waals surface area (Å²) >= 11 is 0. The van der Waals surface area contributed by atoms with Gasteiger partial charge in [0, 0.05) is 35.8 Å². The molecule has 1 aliphatic rings. The molecule has 0 N–H and O–H groups in total. The molecule has 1 aliphatic heterocycles. The average molecular weight is 347 g/mol. The number of hydrogen-bond acceptors (Lipinski definition) is 5. The van der Waals surface area contributed by atoms with Crippen molar-refractivity contribution in [1.29, 1.82) is 0 Å². The van der Waals surface area contributed by atoms with E-state index in [1.807, 2.05) is 24.8 Å². The molecule has 0 spiro atoms. The molecule has 0 aliphatic carbocycles. The Morgan fingerprint density at radius 2 is 2.08 bits per heavy atom. The van der Waals surface area contributed by atoms with E-state index in [4.69, 9.17) is 0 Å². The van der Waals surface area contributed by atoms with Crippen LogP contribution in [0.3, 0.4) is 0 Å². The van der Waals surface area contributed by atoms with Gasteiger partial charge in [-0.3, -0.25) is 19.3 Å².